The molecule has 3 nitrogen and oxygen atoms in total. The standard InChI is InChI=1S/C20H19N3/c1-20(15-21)10-9-16(13-23-18-8-5-11-22-14-18)12-19(20)17-6-3-2-4-7-17/h2-9,11-12,14,23H,10,13H2,1H3. The van der Waals surface area contributed by atoms with Gasteiger partial charge in [-0.15, -0.1) is 0 Å². The Morgan fingerprint density at radius 1 is 1.22 bits per heavy atom. The van der Waals surface area contributed by atoms with Crippen LogP contribution in [-0.4, -0.2) is 11.5 Å². The summed E-state index contributed by atoms with van der Waals surface area (Å²) in [5.41, 5.74) is 3.92. The molecule has 1 unspecified atom stereocenters. The molecule has 0 amide bonds. The Labute approximate surface area is 137 Å². The van der Waals surface area contributed by atoms with Gasteiger partial charge in [-0.1, -0.05) is 42.5 Å². The number of aromatic nitrogens is 1. The van der Waals surface area contributed by atoms with Gasteiger partial charge in [-0.05, 0) is 42.2 Å². The molecular weight excluding hydrogens is 282 g/mol. The molecule has 1 aliphatic rings. The molecule has 0 saturated heterocycles. The van der Waals surface area contributed by atoms with Crippen LogP contribution >= 0.6 is 0 Å². The van der Waals surface area contributed by atoms with Gasteiger partial charge in [0, 0.05) is 18.9 Å². The molecule has 3 rings (SSSR count). The van der Waals surface area contributed by atoms with Gasteiger partial charge in [-0.3, -0.25) is 4.98 Å². The molecule has 0 aliphatic heterocycles. The normalized spacial score (nSPS) is 20.2. The molecule has 2 aromatic rings. The van der Waals surface area contributed by atoms with Crippen molar-refractivity contribution in [2.24, 2.45) is 5.41 Å². The van der Waals surface area contributed by atoms with Crippen molar-refractivity contribution in [1.29, 1.82) is 5.26 Å². The molecule has 1 aromatic carbocycles. The number of pyridine rings is 1. The Morgan fingerprint density at radius 2 is 2.04 bits per heavy atom. The molecule has 23 heavy (non-hydrogen) atoms. The molecule has 1 aliphatic carbocycles. The third-order valence-electron chi connectivity index (χ3n) is 4.19. The fourth-order valence-corrected chi connectivity index (χ4v) is 2.77. The van der Waals surface area contributed by atoms with E-state index in [0.29, 0.717) is 0 Å². The zero-order chi connectivity index (χ0) is 16.1. The molecule has 114 valence electrons. The molecule has 1 heterocycles. The van der Waals surface area contributed by atoms with Gasteiger partial charge in [0.2, 0.25) is 0 Å². The summed E-state index contributed by atoms with van der Waals surface area (Å²) in [7, 11) is 0. The average Bonchev–Trinajstić information content (AvgIpc) is 2.62. The summed E-state index contributed by atoms with van der Waals surface area (Å²) in [4.78, 5) is 4.11. The number of benzene rings is 1. The minimum Gasteiger partial charge on any atom is -0.380 e. The van der Waals surface area contributed by atoms with Gasteiger partial charge in [0.15, 0.2) is 0 Å². The van der Waals surface area contributed by atoms with Gasteiger partial charge in [-0.2, -0.15) is 5.26 Å². The van der Waals surface area contributed by atoms with E-state index in [2.05, 4.69) is 40.7 Å². The highest BCUT2D eigenvalue weighted by molar-refractivity contribution is 5.76. The van der Waals surface area contributed by atoms with Crippen LogP contribution in [0.15, 0.2) is 72.6 Å². The van der Waals surface area contributed by atoms with Gasteiger partial charge < -0.3 is 5.32 Å². The third kappa shape index (κ3) is 3.32. The molecule has 0 fully saturated rings. The van der Waals surface area contributed by atoms with Crippen molar-refractivity contribution in [2.75, 3.05) is 11.9 Å². The van der Waals surface area contributed by atoms with E-state index in [1.165, 1.54) is 5.57 Å². The molecule has 3 heteroatoms. The fourth-order valence-electron chi connectivity index (χ4n) is 2.77. The van der Waals surface area contributed by atoms with Crippen LogP contribution in [0.4, 0.5) is 5.69 Å². The lowest BCUT2D eigenvalue weighted by Crippen LogP contribution is -2.20. The topological polar surface area (TPSA) is 48.7 Å². The maximum absolute atomic E-state index is 9.63. The van der Waals surface area contributed by atoms with Crippen molar-refractivity contribution in [3.8, 4) is 6.07 Å². The number of nitrogens with zero attached hydrogens (tertiary/aromatic N) is 2. The lowest BCUT2D eigenvalue weighted by molar-refractivity contribution is 0.591. The van der Waals surface area contributed by atoms with Crippen molar-refractivity contribution in [1.82, 2.24) is 4.98 Å². The summed E-state index contributed by atoms with van der Waals surface area (Å²) in [5.74, 6) is 0. The Balaban J connectivity index is 1.84. The van der Waals surface area contributed by atoms with Gasteiger partial charge in [-0.25, -0.2) is 0 Å². The number of allylic oxidation sites excluding steroid dienone is 2. The molecule has 0 radical (unpaired) electrons. The van der Waals surface area contributed by atoms with Gasteiger partial charge in [0.05, 0.1) is 17.2 Å². The zero-order valence-corrected chi connectivity index (χ0v) is 13.2. The number of anilines is 1. The van der Waals surface area contributed by atoms with E-state index in [0.717, 1.165) is 29.8 Å². The van der Waals surface area contributed by atoms with E-state index in [1.807, 2.05) is 43.5 Å². The summed E-state index contributed by atoms with van der Waals surface area (Å²) in [6.07, 6.45) is 8.60. The predicted octanol–water partition coefficient (Wildman–Crippen LogP) is 4.44. The second-order valence-electron chi connectivity index (χ2n) is 5.95. The van der Waals surface area contributed by atoms with Crippen LogP contribution in [0.3, 0.4) is 0 Å². The predicted molar refractivity (Wildman–Crippen MR) is 93.6 cm³/mol. The molecule has 0 bridgehead atoms. The third-order valence-corrected chi connectivity index (χ3v) is 4.19. The van der Waals surface area contributed by atoms with Crippen LogP contribution in [0.25, 0.3) is 5.57 Å². The minimum absolute atomic E-state index is 0.473. The lowest BCUT2D eigenvalue weighted by atomic mass is 9.73. The van der Waals surface area contributed by atoms with E-state index in [4.69, 9.17) is 0 Å². The highest BCUT2D eigenvalue weighted by atomic mass is 14.9. The lowest BCUT2D eigenvalue weighted by Gasteiger charge is -2.28. The van der Waals surface area contributed by atoms with E-state index in [-0.39, 0.29) is 0 Å². The smallest absolute Gasteiger partial charge is 0.0834 e. The maximum atomic E-state index is 9.63. The second kappa shape index (κ2) is 6.50. The van der Waals surface area contributed by atoms with Gasteiger partial charge in [0.1, 0.15) is 0 Å². The maximum Gasteiger partial charge on any atom is 0.0834 e. The highest BCUT2D eigenvalue weighted by Crippen LogP contribution is 2.41. The first-order chi connectivity index (χ1) is 11.2. The van der Waals surface area contributed by atoms with Crippen LogP contribution in [-0.2, 0) is 0 Å². The molecule has 0 saturated carbocycles. The van der Waals surface area contributed by atoms with Gasteiger partial charge >= 0.3 is 0 Å². The Bertz CT molecular complexity index is 770. The summed E-state index contributed by atoms with van der Waals surface area (Å²) in [6.45, 7) is 2.73. The van der Waals surface area contributed by atoms with Crippen LogP contribution in [0.5, 0.6) is 0 Å². The van der Waals surface area contributed by atoms with Crippen molar-refractivity contribution >= 4 is 11.3 Å². The van der Waals surface area contributed by atoms with Crippen LogP contribution < -0.4 is 5.32 Å². The molecular formula is C20H19N3. The quantitative estimate of drug-likeness (QED) is 0.908. The van der Waals surface area contributed by atoms with Gasteiger partial charge in [0.25, 0.3) is 0 Å². The first-order valence-corrected chi connectivity index (χ1v) is 7.73. The van der Waals surface area contributed by atoms with E-state index in [9.17, 15) is 5.26 Å². The molecule has 1 N–H and O–H groups in total. The fraction of sp³-hybridized carbons (Fsp3) is 0.200. The first-order valence-electron chi connectivity index (χ1n) is 7.73. The molecule has 0 spiro atoms. The second-order valence-corrected chi connectivity index (χ2v) is 5.95. The Hall–Kier alpha value is -2.86. The molecule has 1 aromatic heterocycles. The van der Waals surface area contributed by atoms with Crippen LogP contribution in [0, 0.1) is 16.7 Å². The summed E-state index contributed by atoms with van der Waals surface area (Å²) >= 11 is 0. The molecule has 1 atom stereocenters. The Kier molecular flexibility index (Phi) is 4.25. The van der Waals surface area contributed by atoms with Crippen molar-refractivity contribution in [3.63, 3.8) is 0 Å². The van der Waals surface area contributed by atoms with Crippen molar-refractivity contribution in [2.45, 2.75) is 13.3 Å². The summed E-state index contributed by atoms with van der Waals surface area (Å²) in [6, 6.07) is 16.6. The summed E-state index contributed by atoms with van der Waals surface area (Å²) < 4.78 is 0. The minimum atomic E-state index is -0.473. The number of hydrogen-bond acceptors (Lipinski definition) is 3. The highest BCUT2D eigenvalue weighted by Gasteiger charge is 2.31. The first kappa shape index (κ1) is 15.1. The number of rotatable bonds is 4. The zero-order valence-electron chi connectivity index (χ0n) is 13.2. The number of nitrogens with one attached hydrogen (secondary N) is 1. The monoisotopic (exact) mass is 301 g/mol. The summed E-state index contributed by atoms with van der Waals surface area (Å²) in [5, 5.41) is 13.0. The number of hydrogen-bond donors (Lipinski definition) is 1. The van der Waals surface area contributed by atoms with Crippen LogP contribution in [0.2, 0.25) is 0 Å². The largest absolute Gasteiger partial charge is 0.380 e. The average molecular weight is 301 g/mol. The van der Waals surface area contributed by atoms with E-state index < -0.39 is 5.41 Å². The van der Waals surface area contributed by atoms with E-state index >= 15 is 0 Å². The van der Waals surface area contributed by atoms with Crippen molar-refractivity contribution < 1.29 is 0 Å². The van der Waals surface area contributed by atoms with E-state index in [1.54, 1.807) is 6.20 Å². The van der Waals surface area contributed by atoms with Crippen LogP contribution in [0.1, 0.15) is 18.9 Å². The Morgan fingerprint density at radius 3 is 2.74 bits per heavy atom. The SMILES string of the molecule is CC1(C#N)CC=C(CNc2cccnc2)C=C1c1ccccc1. The number of nitriles is 1. The van der Waals surface area contributed by atoms with Crippen molar-refractivity contribution in [3.05, 3.63) is 78.1 Å².